The highest BCUT2D eigenvalue weighted by molar-refractivity contribution is 5.97. The summed E-state index contributed by atoms with van der Waals surface area (Å²) in [5, 5.41) is 13.7. The van der Waals surface area contributed by atoms with E-state index < -0.39 is 83.0 Å². The van der Waals surface area contributed by atoms with E-state index in [-0.39, 0.29) is 12.5 Å². The molecule has 5 amide bonds. The van der Waals surface area contributed by atoms with Crippen molar-refractivity contribution in [2.45, 2.75) is 128 Å². The van der Waals surface area contributed by atoms with Crippen LogP contribution in [0.15, 0.2) is 5.11 Å². The molecule has 8 atom stereocenters. The first-order chi connectivity index (χ1) is 19.8. The van der Waals surface area contributed by atoms with Gasteiger partial charge in [-0.3, -0.25) is 24.0 Å². The van der Waals surface area contributed by atoms with E-state index >= 15 is 0 Å². The zero-order valence-electron chi connectivity index (χ0n) is 26.2. The van der Waals surface area contributed by atoms with Crippen LogP contribution in [0, 0.1) is 0 Å². The van der Waals surface area contributed by atoms with Gasteiger partial charge in [0.15, 0.2) is 0 Å². The monoisotopic (exact) mass is 608 g/mol. The lowest BCUT2D eigenvalue weighted by molar-refractivity contribution is -0.158. The molecule has 2 saturated heterocycles. The molecule has 43 heavy (non-hydrogen) atoms. The number of carbonyl (C=O) groups excluding carboxylic acids is 6. The van der Waals surface area contributed by atoms with E-state index in [4.69, 9.17) is 15.0 Å². The highest BCUT2D eigenvalue weighted by atomic mass is 16.6. The number of methoxy groups -OCH3 is 1. The lowest BCUT2D eigenvalue weighted by atomic mass is 9.85. The maximum Gasteiger partial charge on any atom is 0.328 e. The summed E-state index contributed by atoms with van der Waals surface area (Å²) in [6, 6.07) is -5.40. The fourth-order valence-electron chi connectivity index (χ4n) is 5.04. The molecule has 16 nitrogen and oxygen atoms in total. The Morgan fingerprint density at radius 2 is 1.42 bits per heavy atom. The second-order valence-electron chi connectivity index (χ2n) is 12.3. The number of azide groups is 1. The molecule has 0 aromatic carbocycles. The van der Waals surface area contributed by atoms with Crippen LogP contribution in [0.2, 0.25) is 0 Å². The van der Waals surface area contributed by atoms with E-state index in [0.29, 0.717) is 12.8 Å². The quantitative estimate of drug-likeness (QED) is 0.109. The minimum absolute atomic E-state index is 0.184. The van der Waals surface area contributed by atoms with Gasteiger partial charge in [0.2, 0.25) is 29.5 Å². The maximum atomic E-state index is 13.3. The summed E-state index contributed by atoms with van der Waals surface area (Å²) in [6.07, 6.45) is 0.572. The predicted octanol–water partition coefficient (Wildman–Crippen LogP) is 0.194. The molecule has 2 aliphatic heterocycles. The second-order valence-corrected chi connectivity index (χ2v) is 12.3. The second kappa shape index (κ2) is 14.0. The molecule has 0 bridgehead atoms. The number of fused-ring (bicyclic) bond motifs is 1. The van der Waals surface area contributed by atoms with Crippen molar-refractivity contribution in [3.63, 3.8) is 0 Å². The Hall–Kier alpha value is -3.91. The van der Waals surface area contributed by atoms with Gasteiger partial charge < -0.3 is 35.6 Å². The van der Waals surface area contributed by atoms with Crippen molar-refractivity contribution in [2.24, 2.45) is 5.11 Å². The van der Waals surface area contributed by atoms with Crippen LogP contribution in [-0.2, 0) is 38.2 Å². The van der Waals surface area contributed by atoms with Gasteiger partial charge in [0.05, 0.1) is 12.1 Å². The smallest absolute Gasteiger partial charge is 0.328 e. The van der Waals surface area contributed by atoms with Crippen LogP contribution >= 0.6 is 0 Å². The number of ether oxygens (including phenoxy) is 2. The van der Waals surface area contributed by atoms with Crippen LogP contribution in [-0.4, -0.2) is 101 Å². The number of nitrogens with one attached hydrogen (secondary N) is 4. The molecule has 240 valence electrons. The van der Waals surface area contributed by atoms with Gasteiger partial charge in [-0.15, -0.1) is 0 Å². The predicted molar refractivity (Wildman–Crippen MR) is 153 cm³/mol. The topological polar surface area (TPSA) is 221 Å². The van der Waals surface area contributed by atoms with E-state index in [1.807, 2.05) is 0 Å². The fraction of sp³-hybridized carbons (Fsp3) is 0.778. The molecule has 2 fully saturated rings. The van der Waals surface area contributed by atoms with E-state index in [2.05, 4.69) is 31.3 Å². The number of hydrogen-bond donors (Lipinski definition) is 4. The van der Waals surface area contributed by atoms with Gasteiger partial charge in [-0.25, -0.2) is 4.79 Å². The zero-order valence-corrected chi connectivity index (χ0v) is 26.2. The van der Waals surface area contributed by atoms with Crippen LogP contribution in [0.1, 0.15) is 74.7 Å². The van der Waals surface area contributed by atoms with Gasteiger partial charge in [-0.2, -0.15) is 0 Å². The van der Waals surface area contributed by atoms with Gasteiger partial charge in [0.1, 0.15) is 41.3 Å². The standard InChI is InChI=1S/C27H44N8O8/c1-13(20(36)30-14(2)22(38)32-16(4)24(40)43-26(5,6)7)29-21(37)15(3)31-23(39)18-11-10-17-19(42-9)12-27(8,33-34-28)25(41)35(17)18/h13-19H,10-12H2,1-9H3,(H,29,37)(H,30,36)(H,31,39)(H,32,38)/t13-,14-,15-,16-,17-,18-,19-,27-/m0/s1. The third kappa shape index (κ3) is 8.80. The third-order valence-corrected chi connectivity index (χ3v) is 7.40. The van der Waals surface area contributed by atoms with Gasteiger partial charge >= 0.3 is 5.97 Å². The van der Waals surface area contributed by atoms with Crippen LogP contribution in [0.5, 0.6) is 0 Å². The number of nitrogens with zero attached hydrogens (tertiary/aromatic N) is 4. The molecular formula is C27H44N8O8. The molecule has 2 rings (SSSR count). The number of esters is 1. The Labute approximate surface area is 251 Å². The minimum Gasteiger partial charge on any atom is -0.458 e. The van der Waals surface area contributed by atoms with E-state index in [1.54, 1.807) is 20.8 Å². The summed E-state index contributed by atoms with van der Waals surface area (Å²) in [5.41, 5.74) is 6.84. The van der Waals surface area contributed by atoms with E-state index in [1.165, 1.54) is 46.6 Å². The largest absolute Gasteiger partial charge is 0.458 e. The lowest BCUT2D eigenvalue weighted by Crippen LogP contribution is -2.64. The normalized spacial score (nSPS) is 26.0. The van der Waals surface area contributed by atoms with Crippen molar-refractivity contribution in [1.29, 1.82) is 0 Å². The average Bonchev–Trinajstić information content (AvgIpc) is 3.35. The zero-order chi connectivity index (χ0) is 32.9. The SMILES string of the molecule is CO[C@H]1C[C@](C)(N=[N+]=[N-])C(=O)N2[C@H](C(=O)N[C@@H](C)C(=O)N[C@@H](C)C(=O)N[C@@H](C)C(=O)N[C@@H](C)C(=O)OC(C)(C)C)CC[C@@H]12. The van der Waals surface area contributed by atoms with Gasteiger partial charge in [0, 0.05) is 12.0 Å². The van der Waals surface area contributed by atoms with Crippen LogP contribution < -0.4 is 21.3 Å². The minimum atomic E-state index is -1.41. The van der Waals surface area contributed by atoms with Gasteiger partial charge in [0.25, 0.3) is 0 Å². The van der Waals surface area contributed by atoms with Crippen molar-refractivity contribution in [3.8, 4) is 0 Å². The van der Waals surface area contributed by atoms with Crippen LogP contribution in [0.4, 0.5) is 0 Å². The van der Waals surface area contributed by atoms with Crippen molar-refractivity contribution < 1.29 is 38.2 Å². The number of rotatable bonds is 11. The Balaban J connectivity index is 1.94. The summed E-state index contributed by atoms with van der Waals surface area (Å²) in [6.45, 7) is 12.3. The summed E-state index contributed by atoms with van der Waals surface area (Å²) in [5.74, 6) is -3.64. The summed E-state index contributed by atoms with van der Waals surface area (Å²) >= 11 is 0. The third-order valence-electron chi connectivity index (χ3n) is 7.40. The van der Waals surface area contributed by atoms with Gasteiger partial charge in [-0.05, 0) is 80.2 Å². The number of hydrogen-bond acceptors (Lipinski definition) is 9. The molecule has 2 aliphatic rings. The summed E-state index contributed by atoms with van der Waals surface area (Å²) < 4.78 is 10.8. The summed E-state index contributed by atoms with van der Waals surface area (Å²) in [4.78, 5) is 80.7. The first-order valence-electron chi connectivity index (χ1n) is 14.2. The molecule has 16 heteroatoms. The molecule has 0 radical (unpaired) electrons. The molecule has 0 unspecified atom stereocenters. The highest BCUT2D eigenvalue weighted by Gasteiger charge is 2.55. The first-order valence-corrected chi connectivity index (χ1v) is 14.2. The van der Waals surface area contributed by atoms with Crippen molar-refractivity contribution in [1.82, 2.24) is 26.2 Å². The maximum absolute atomic E-state index is 13.3. The van der Waals surface area contributed by atoms with Gasteiger partial charge in [-0.1, -0.05) is 5.11 Å². The first kappa shape index (κ1) is 35.3. The Kier molecular flexibility index (Phi) is 11.5. The molecule has 2 heterocycles. The van der Waals surface area contributed by atoms with E-state index in [0.717, 1.165) is 0 Å². The molecule has 4 N–H and O–H groups in total. The van der Waals surface area contributed by atoms with Crippen molar-refractivity contribution in [2.75, 3.05) is 7.11 Å². The Bertz CT molecular complexity index is 1170. The summed E-state index contributed by atoms with van der Waals surface area (Å²) in [7, 11) is 1.49. The lowest BCUT2D eigenvalue weighted by Gasteiger charge is -2.45. The fourth-order valence-corrected chi connectivity index (χ4v) is 5.04. The number of carbonyl (C=O) groups is 6. The highest BCUT2D eigenvalue weighted by Crippen LogP contribution is 2.39. The average molecular weight is 609 g/mol. The van der Waals surface area contributed by atoms with Crippen molar-refractivity contribution >= 4 is 35.5 Å². The van der Waals surface area contributed by atoms with Crippen molar-refractivity contribution in [3.05, 3.63) is 10.4 Å². The molecule has 0 saturated carbocycles. The van der Waals surface area contributed by atoms with E-state index in [9.17, 15) is 28.8 Å². The number of amides is 5. The molecular weight excluding hydrogens is 564 g/mol. The number of piperidine rings is 1. The Morgan fingerprint density at radius 3 is 1.88 bits per heavy atom. The molecule has 0 aromatic rings. The molecule has 0 spiro atoms. The van der Waals surface area contributed by atoms with Crippen LogP contribution in [0.25, 0.3) is 10.4 Å². The molecule has 0 aliphatic carbocycles. The molecule has 0 aromatic heterocycles. The Morgan fingerprint density at radius 1 is 0.930 bits per heavy atom. The van der Waals surface area contributed by atoms with Crippen LogP contribution in [0.3, 0.4) is 0 Å².